The Bertz CT molecular complexity index is 348. The first-order chi connectivity index (χ1) is 9.20. The monoisotopic (exact) mass is 282 g/mol. The molecular weight excluding hydrogens is 252 g/mol. The summed E-state index contributed by atoms with van der Waals surface area (Å²) in [5.74, 6) is 0.424. The van der Waals surface area contributed by atoms with E-state index in [1.165, 1.54) is 0 Å². The maximum atomic E-state index is 11.0. The van der Waals surface area contributed by atoms with Crippen LogP contribution < -0.4 is 10.6 Å². The molecule has 0 spiro atoms. The highest BCUT2D eigenvalue weighted by molar-refractivity contribution is 5.76. The maximum absolute atomic E-state index is 11.0. The zero-order valence-electron chi connectivity index (χ0n) is 13.5. The quantitative estimate of drug-likeness (QED) is 0.717. The summed E-state index contributed by atoms with van der Waals surface area (Å²) in [7, 11) is 0. The Balaban J connectivity index is 0.000000200. The fourth-order valence-corrected chi connectivity index (χ4v) is 2.62. The molecule has 2 rings (SSSR count). The van der Waals surface area contributed by atoms with Gasteiger partial charge in [-0.15, -0.1) is 0 Å². The zero-order valence-corrected chi connectivity index (χ0v) is 13.5. The van der Waals surface area contributed by atoms with Gasteiger partial charge in [0.05, 0.1) is 0 Å². The number of hydrogen-bond donors (Lipinski definition) is 2. The third kappa shape index (κ3) is 6.92. The van der Waals surface area contributed by atoms with Gasteiger partial charge in [0.15, 0.2) is 0 Å². The van der Waals surface area contributed by atoms with Crippen LogP contribution in [0.25, 0.3) is 0 Å². The molecule has 2 fully saturated rings. The predicted molar refractivity (Wildman–Crippen MR) is 81.3 cm³/mol. The molecule has 2 heterocycles. The van der Waals surface area contributed by atoms with Crippen molar-refractivity contribution in [3.63, 3.8) is 0 Å². The minimum atomic E-state index is 0.211. The highest BCUT2D eigenvalue weighted by Crippen LogP contribution is 2.27. The first kappa shape index (κ1) is 17.0. The lowest BCUT2D eigenvalue weighted by molar-refractivity contribution is -0.122. The van der Waals surface area contributed by atoms with Crippen molar-refractivity contribution in [1.82, 2.24) is 10.6 Å². The molecule has 0 aromatic carbocycles. The van der Waals surface area contributed by atoms with E-state index in [-0.39, 0.29) is 17.2 Å². The third-order valence-corrected chi connectivity index (χ3v) is 4.01. The molecule has 2 aliphatic rings. The van der Waals surface area contributed by atoms with E-state index in [1.54, 1.807) is 0 Å². The van der Waals surface area contributed by atoms with Gasteiger partial charge in [-0.3, -0.25) is 9.59 Å². The average molecular weight is 282 g/mol. The predicted octanol–water partition coefficient (Wildman–Crippen LogP) is 2.63. The van der Waals surface area contributed by atoms with Gasteiger partial charge in [-0.05, 0) is 36.5 Å². The molecule has 0 bridgehead atoms. The van der Waals surface area contributed by atoms with Gasteiger partial charge >= 0.3 is 0 Å². The molecule has 20 heavy (non-hydrogen) atoms. The van der Waals surface area contributed by atoms with Gasteiger partial charge in [-0.2, -0.15) is 0 Å². The SMILES string of the molecule is CC1(C)CCCC(=O)NC1.CC1(C)CCCNC(=O)C1. The van der Waals surface area contributed by atoms with Crippen LogP contribution in [0, 0.1) is 10.8 Å². The molecule has 0 atom stereocenters. The van der Waals surface area contributed by atoms with Crippen LogP contribution in [0.1, 0.15) is 66.2 Å². The maximum Gasteiger partial charge on any atom is 0.220 e. The van der Waals surface area contributed by atoms with Crippen molar-refractivity contribution in [1.29, 1.82) is 0 Å². The fraction of sp³-hybridized carbons (Fsp3) is 0.875. The van der Waals surface area contributed by atoms with Crippen LogP contribution in [0.2, 0.25) is 0 Å². The van der Waals surface area contributed by atoms with E-state index >= 15 is 0 Å². The smallest absolute Gasteiger partial charge is 0.220 e. The number of rotatable bonds is 0. The minimum absolute atomic E-state index is 0.211. The van der Waals surface area contributed by atoms with Crippen LogP contribution in [0.3, 0.4) is 0 Å². The number of nitrogens with one attached hydrogen (secondary N) is 2. The molecule has 0 unspecified atom stereocenters. The number of amides is 2. The van der Waals surface area contributed by atoms with Crippen molar-refractivity contribution in [3.8, 4) is 0 Å². The van der Waals surface area contributed by atoms with Crippen LogP contribution in [-0.4, -0.2) is 24.9 Å². The van der Waals surface area contributed by atoms with Crippen LogP contribution in [-0.2, 0) is 9.59 Å². The normalized spacial score (nSPS) is 25.2. The lowest BCUT2D eigenvalue weighted by Crippen LogP contribution is -2.30. The Morgan fingerprint density at radius 2 is 1.50 bits per heavy atom. The summed E-state index contributed by atoms with van der Waals surface area (Å²) in [6.07, 6.45) is 5.88. The first-order valence-electron chi connectivity index (χ1n) is 7.74. The molecule has 0 radical (unpaired) electrons. The summed E-state index contributed by atoms with van der Waals surface area (Å²) >= 11 is 0. The largest absolute Gasteiger partial charge is 0.356 e. The Kier molecular flexibility index (Phi) is 6.03. The highest BCUT2D eigenvalue weighted by atomic mass is 16.2. The lowest BCUT2D eigenvalue weighted by atomic mass is 9.85. The van der Waals surface area contributed by atoms with Gasteiger partial charge < -0.3 is 10.6 Å². The number of carbonyl (C=O) groups is 2. The number of hydrogen-bond acceptors (Lipinski definition) is 2. The van der Waals surface area contributed by atoms with E-state index < -0.39 is 0 Å². The molecule has 4 heteroatoms. The van der Waals surface area contributed by atoms with Gasteiger partial charge in [0.2, 0.25) is 11.8 Å². The van der Waals surface area contributed by atoms with Crippen molar-refractivity contribution in [2.45, 2.75) is 66.2 Å². The van der Waals surface area contributed by atoms with E-state index in [0.717, 1.165) is 38.8 Å². The molecule has 0 saturated carbocycles. The van der Waals surface area contributed by atoms with E-state index in [1.807, 2.05) is 0 Å². The van der Waals surface area contributed by atoms with Gasteiger partial charge in [0, 0.05) is 25.9 Å². The molecule has 2 amide bonds. The molecule has 4 nitrogen and oxygen atoms in total. The molecule has 2 N–H and O–H groups in total. The highest BCUT2D eigenvalue weighted by Gasteiger charge is 2.24. The third-order valence-electron chi connectivity index (χ3n) is 4.01. The number of carbonyl (C=O) groups excluding carboxylic acids is 2. The molecular formula is C16H30N2O2. The topological polar surface area (TPSA) is 58.2 Å². The van der Waals surface area contributed by atoms with E-state index in [4.69, 9.17) is 0 Å². The molecule has 0 aromatic heterocycles. The van der Waals surface area contributed by atoms with Gasteiger partial charge in [0.25, 0.3) is 0 Å². The molecule has 0 aliphatic carbocycles. The van der Waals surface area contributed by atoms with Crippen molar-refractivity contribution in [2.75, 3.05) is 13.1 Å². The average Bonchev–Trinajstić information content (AvgIpc) is 2.56. The van der Waals surface area contributed by atoms with Crippen LogP contribution in [0.4, 0.5) is 0 Å². The Hall–Kier alpha value is -1.06. The van der Waals surface area contributed by atoms with E-state index in [9.17, 15) is 9.59 Å². The van der Waals surface area contributed by atoms with Crippen molar-refractivity contribution in [2.24, 2.45) is 10.8 Å². The second-order valence-corrected chi connectivity index (χ2v) is 7.59. The van der Waals surface area contributed by atoms with Crippen molar-refractivity contribution in [3.05, 3.63) is 0 Å². The van der Waals surface area contributed by atoms with Crippen LogP contribution in [0.5, 0.6) is 0 Å². The van der Waals surface area contributed by atoms with Crippen LogP contribution >= 0.6 is 0 Å². The fourth-order valence-electron chi connectivity index (χ4n) is 2.62. The van der Waals surface area contributed by atoms with E-state index in [0.29, 0.717) is 18.3 Å². The second kappa shape index (κ2) is 7.09. The first-order valence-corrected chi connectivity index (χ1v) is 7.74. The summed E-state index contributed by atoms with van der Waals surface area (Å²) in [6, 6.07) is 0. The standard InChI is InChI=1S/2C8H15NO/c1-8(2)4-3-5-9-7(10)6-8;1-8(2)5-3-4-7(10)9-6-8/h2*3-6H2,1-2H3,(H,9,10). The Morgan fingerprint density at radius 1 is 0.850 bits per heavy atom. The molecule has 2 aliphatic heterocycles. The lowest BCUT2D eigenvalue weighted by Gasteiger charge is -2.20. The summed E-state index contributed by atoms with van der Waals surface area (Å²) in [4.78, 5) is 21.8. The second-order valence-electron chi connectivity index (χ2n) is 7.59. The Morgan fingerprint density at radius 3 is 2.20 bits per heavy atom. The molecule has 116 valence electrons. The molecule has 0 aromatic rings. The summed E-state index contributed by atoms with van der Waals surface area (Å²) in [6.45, 7) is 10.4. The van der Waals surface area contributed by atoms with Gasteiger partial charge in [0.1, 0.15) is 0 Å². The minimum Gasteiger partial charge on any atom is -0.356 e. The van der Waals surface area contributed by atoms with Gasteiger partial charge in [-0.25, -0.2) is 0 Å². The van der Waals surface area contributed by atoms with Crippen molar-refractivity contribution < 1.29 is 9.59 Å². The summed E-state index contributed by atoms with van der Waals surface area (Å²) < 4.78 is 0. The zero-order chi connectivity index (χ0) is 15.2. The van der Waals surface area contributed by atoms with Crippen LogP contribution in [0.15, 0.2) is 0 Å². The van der Waals surface area contributed by atoms with E-state index in [2.05, 4.69) is 38.3 Å². The van der Waals surface area contributed by atoms with Gasteiger partial charge in [-0.1, -0.05) is 27.7 Å². The van der Waals surface area contributed by atoms with Crippen molar-refractivity contribution >= 4 is 11.8 Å². The summed E-state index contributed by atoms with van der Waals surface area (Å²) in [5.41, 5.74) is 0.534. The Labute approximate surface area is 123 Å². The molecule has 2 saturated heterocycles. The summed E-state index contributed by atoms with van der Waals surface area (Å²) in [5, 5.41) is 5.76.